The summed E-state index contributed by atoms with van der Waals surface area (Å²) >= 11 is 3.66. The Bertz CT molecular complexity index is 995. The van der Waals surface area contributed by atoms with Crippen LogP contribution in [0.1, 0.15) is 43.0 Å². The number of methoxy groups -OCH3 is 1. The topological polar surface area (TPSA) is 66.5 Å². The number of benzene rings is 2. The molecule has 2 aromatic carbocycles. The van der Waals surface area contributed by atoms with Crippen LogP contribution in [-0.2, 0) is 17.6 Å². The summed E-state index contributed by atoms with van der Waals surface area (Å²) in [5.74, 6) is 2.83. The Morgan fingerprint density at radius 1 is 1.16 bits per heavy atom. The molecule has 1 amide bonds. The minimum atomic E-state index is -0.313. The Labute approximate surface area is 196 Å². The molecule has 2 heterocycles. The number of ether oxygens (including phenoxy) is 5. The van der Waals surface area contributed by atoms with Gasteiger partial charge in [0.05, 0.1) is 26.4 Å². The second kappa shape index (κ2) is 9.90. The number of carbonyl (C=O) groups excluding carboxylic acids is 1. The molecular weight excluding hydrogens is 478 g/mol. The molecule has 0 aliphatic carbocycles. The Balaban J connectivity index is 1.75. The number of rotatable bonds is 7. The molecule has 1 atom stereocenters. The van der Waals surface area contributed by atoms with E-state index in [9.17, 15) is 4.79 Å². The van der Waals surface area contributed by atoms with Crippen LogP contribution in [0.5, 0.6) is 23.0 Å². The molecule has 1 unspecified atom stereocenters. The van der Waals surface area contributed by atoms with Gasteiger partial charge in [-0.3, -0.25) is 0 Å². The Hall–Kier alpha value is -2.61. The van der Waals surface area contributed by atoms with Crippen LogP contribution in [0.15, 0.2) is 28.7 Å². The highest BCUT2D eigenvalue weighted by molar-refractivity contribution is 9.10. The Kier molecular flexibility index (Phi) is 6.98. The van der Waals surface area contributed by atoms with E-state index in [1.807, 2.05) is 31.2 Å². The largest absolute Gasteiger partial charge is 0.493 e. The SMILES string of the molecule is CCCOc1cc2c(cc1OC)CCN(C(=O)OCC)C2Cc1cc2c(cc1Br)OCO2. The molecule has 2 aliphatic heterocycles. The molecule has 0 bridgehead atoms. The van der Waals surface area contributed by atoms with E-state index in [0.717, 1.165) is 34.0 Å². The van der Waals surface area contributed by atoms with Gasteiger partial charge in [0.25, 0.3) is 0 Å². The van der Waals surface area contributed by atoms with Gasteiger partial charge in [-0.15, -0.1) is 0 Å². The molecular formula is C24H28BrNO6. The molecule has 0 N–H and O–H groups in total. The molecule has 0 radical (unpaired) electrons. The van der Waals surface area contributed by atoms with Crippen molar-refractivity contribution in [1.82, 2.24) is 4.90 Å². The number of carbonyl (C=O) groups is 1. The van der Waals surface area contributed by atoms with Crippen molar-refractivity contribution in [3.05, 3.63) is 45.4 Å². The van der Waals surface area contributed by atoms with Crippen molar-refractivity contribution in [3.63, 3.8) is 0 Å². The molecule has 0 fully saturated rings. The third-order valence-corrected chi connectivity index (χ3v) is 6.44. The fraction of sp³-hybridized carbons (Fsp3) is 0.458. The molecule has 0 aromatic heterocycles. The fourth-order valence-electron chi connectivity index (χ4n) is 4.16. The van der Waals surface area contributed by atoms with E-state index in [0.29, 0.717) is 49.2 Å². The number of nitrogens with zero attached hydrogens (tertiary/aromatic N) is 1. The molecule has 32 heavy (non-hydrogen) atoms. The monoisotopic (exact) mass is 505 g/mol. The molecule has 0 saturated heterocycles. The van der Waals surface area contributed by atoms with Gasteiger partial charge in [-0.2, -0.15) is 0 Å². The van der Waals surface area contributed by atoms with Crippen LogP contribution in [0.4, 0.5) is 4.79 Å². The fourth-order valence-corrected chi connectivity index (χ4v) is 4.65. The van der Waals surface area contributed by atoms with Gasteiger partial charge in [-0.25, -0.2) is 4.79 Å². The maximum Gasteiger partial charge on any atom is 0.410 e. The molecule has 0 spiro atoms. The number of halogens is 1. The number of hydrogen-bond donors (Lipinski definition) is 0. The van der Waals surface area contributed by atoms with Crippen molar-refractivity contribution in [2.45, 2.75) is 39.2 Å². The van der Waals surface area contributed by atoms with Gasteiger partial charge in [0, 0.05) is 11.0 Å². The molecule has 2 aliphatic rings. The zero-order valence-corrected chi connectivity index (χ0v) is 20.2. The van der Waals surface area contributed by atoms with Crippen LogP contribution in [0.2, 0.25) is 0 Å². The Morgan fingerprint density at radius 2 is 1.94 bits per heavy atom. The van der Waals surface area contributed by atoms with Crippen molar-refractivity contribution >= 4 is 22.0 Å². The minimum Gasteiger partial charge on any atom is -0.493 e. The van der Waals surface area contributed by atoms with Crippen LogP contribution < -0.4 is 18.9 Å². The number of hydrogen-bond acceptors (Lipinski definition) is 6. The van der Waals surface area contributed by atoms with Gasteiger partial charge in [-0.1, -0.05) is 22.9 Å². The summed E-state index contributed by atoms with van der Waals surface area (Å²) in [5.41, 5.74) is 3.21. The predicted octanol–water partition coefficient (Wildman–Crippen LogP) is 5.27. The van der Waals surface area contributed by atoms with Crippen LogP contribution in [0.25, 0.3) is 0 Å². The molecule has 7 nitrogen and oxygen atoms in total. The quantitative estimate of drug-likeness (QED) is 0.510. The summed E-state index contributed by atoms with van der Waals surface area (Å²) in [5, 5.41) is 0. The number of amides is 1. The van der Waals surface area contributed by atoms with Crippen molar-refractivity contribution in [2.75, 3.05) is 33.7 Å². The van der Waals surface area contributed by atoms with E-state index >= 15 is 0 Å². The first-order valence-electron chi connectivity index (χ1n) is 10.9. The van der Waals surface area contributed by atoms with E-state index in [-0.39, 0.29) is 18.9 Å². The van der Waals surface area contributed by atoms with E-state index in [1.165, 1.54) is 0 Å². The van der Waals surface area contributed by atoms with E-state index in [2.05, 4.69) is 22.9 Å². The second-order valence-corrected chi connectivity index (χ2v) is 8.56. The molecule has 172 valence electrons. The van der Waals surface area contributed by atoms with Crippen molar-refractivity contribution in [3.8, 4) is 23.0 Å². The maximum absolute atomic E-state index is 12.9. The molecule has 2 aromatic rings. The van der Waals surface area contributed by atoms with Gasteiger partial charge in [0.1, 0.15) is 0 Å². The summed E-state index contributed by atoms with van der Waals surface area (Å²) in [6, 6.07) is 7.72. The van der Waals surface area contributed by atoms with Crippen molar-refractivity contribution in [1.29, 1.82) is 0 Å². The van der Waals surface area contributed by atoms with Crippen LogP contribution >= 0.6 is 15.9 Å². The Morgan fingerprint density at radius 3 is 2.66 bits per heavy atom. The van der Waals surface area contributed by atoms with Gasteiger partial charge in [0.15, 0.2) is 23.0 Å². The molecule has 0 saturated carbocycles. The predicted molar refractivity (Wildman–Crippen MR) is 123 cm³/mol. The lowest BCUT2D eigenvalue weighted by atomic mass is 9.88. The molecule has 4 rings (SSSR count). The highest BCUT2D eigenvalue weighted by Gasteiger charge is 2.34. The van der Waals surface area contributed by atoms with Gasteiger partial charge in [-0.05, 0) is 67.1 Å². The summed E-state index contributed by atoms with van der Waals surface area (Å²) in [6.45, 7) is 5.58. The lowest BCUT2D eigenvalue weighted by molar-refractivity contribution is 0.0862. The van der Waals surface area contributed by atoms with Crippen molar-refractivity contribution in [2.24, 2.45) is 0 Å². The van der Waals surface area contributed by atoms with Crippen LogP contribution in [-0.4, -0.2) is 44.7 Å². The first kappa shape index (κ1) is 22.6. The zero-order chi connectivity index (χ0) is 22.7. The van der Waals surface area contributed by atoms with Gasteiger partial charge < -0.3 is 28.6 Å². The van der Waals surface area contributed by atoms with Crippen LogP contribution in [0.3, 0.4) is 0 Å². The minimum absolute atomic E-state index is 0.213. The lowest BCUT2D eigenvalue weighted by Gasteiger charge is -2.37. The van der Waals surface area contributed by atoms with E-state index < -0.39 is 0 Å². The first-order valence-corrected chi connectivity index (χ1v) is 11.7. The summed E-state index contributed by atoms with van der Waals surface area (Å²) < 4.78 is 28.9. The third kappa shape index (κ3) is 4.46. The smallest absolute Gasteiger partial charge is 0.410 e. The molecule has 8 heteroatoms. The number of fused-ring (bicyclic) bond motifs is 2. The first-order chi connectivity index (χ1) is 15.5. The standard InChI is InChI=1S/C24H28BrNO6/c1-4-8-30-22-12-17-15(10-20(22)28-3)6-7-26(24(27)29-5-2)19(17)9-16-11-21-23(13-18(16)25)32-14-31-21/h10-13,19H,4-9,14H2,1-3H3. The average Bonchev–Trinajstić information content (AvgIpc) is 3.24. The summed E-state index contributed by atoms with van der Waals surface area (Å²) in [6.07, 6.45) is 1.88. The second-order valence-electron chi connectivity index (χ2n) is 7.71. The lowest BCUT2D eigenvalue weighted by Crippen LogP contribution is -2.41. The van der Waals surface area contributed by atoms with Crippen molar-refractivity contribution < 1.29 is 28.5 Å². The third-order valence-electron chi connectivity index (χ3n) is 5.70. The normalized spacial score (nSPS) is 16.5. The van der Waals surface area contributed by atoms with E-state index in [4.69, 9.17) is 23.7 Å². The average molecular weight is 506 g/mol. The maximum atomic E-state index is 12.9. The highest BCUT2D eigenvalue weighted by atomic mass is 79.9. The zero-order valence-electron chi connectivity index (χ0n) is 18.6. The van der Waals surface area contributed by atoms with E-state index in [1.54, 1.807) is 12.0 Å². The van der Waals surface area contributed by atoms with Gasteiger partial charge >= 0.3 is 6.09 Å². The summed E-state index contributed by atoms with van der Waals surface area (Å²) in [7, 11) is 1.65. The van der Waals surface area contributed by atoms with Gasteiger partial charge in [0.2, 0.25) is 6.79 Å². The summed E-state index contributed by atoms with van der Waals surface area (Å²) in [4.78, 5) is 14.7. The highest BCUT2D eigenvalue weighted by Crippen LogP contribution is 2.43. The van der Waals surface area contributed by atoms with Crippen LogP contribution in [0, 0.1) is 0 Å².